The number of carbonyl (C=O) groups excluding carboxylic acids is 1. The van der Waals surface area contributed by atoms with Gasteiger partial charge in [0.25, 0.3) is 5.91 Å². The Morgan fingerprint density at radius 2 is 2.32 bits per heavy atom. The second-order valence-electron chi connectivity index (χ2n) is 3.33. The maximum atomic E-state index is 11.6. The Bertz CT molecular complexity index is 656. The maximum Gasteiger partial charge on any atom is 0.264 e. The minimum Gasteiger partial charge on any atom is -0.482 e. The standard InChI is InChI=1S/C10H7Cl2N3O2S2/c11-5-1-2-7(6(12)3-5)17-4-8(16)13-9-14-15-10(18)19-9/h1-3H,4H2,(H,15,18)(H,13,14,16). The highest BCUT2D eigenvalue weighted by Crippen LogP contribution is 2.27. The number of halogens is 2. The minimum atomic E-state index is -0.358. The van der Waals surface area contributed by atoms with Crippen molar-refractivity contribution in [3.63, 3.8) is 0 Å². The van der Waals surface area contributed by atoms with E-state index in [0.717, 1.165) is 11.3 Å². The van der Waals surface area contributed by atoms with E-state index in [2.05, 4.69) is 15.5 Å². The second kappa shape index (κ2) is 6.33. The number of nitrogens with zero attached hydrogens (tertiary/aromatic N) is 1. The molecule has 0 spiro atoms. The highest BCUT2D eigenvalue weighted by molar-refractivity contribution is 7.73. The summed E-state index contributed by atoms with van der Waals surface area (Å²) in [6.07, 6.45) is 0. The van der Waals surface area contributed by atoms with Gasteiger partial charge in [-0.2, -0.15) is 0 Å². The molecule has 9 heteroatoms. The molecule has 2 N–H and O–H groups in total. The number of ether oxygens (including phenoxy) is 1. The fourth-order valence-electron chi connectivity index (χ4n) is 1.17. The first-order chi connectivity index (χ1) is 9.04. The summed E-state index contributed by atoms with van der Waals surface area (Å²) in [4.78, 5) is 11.6. The van der Waals surface area contributed by atoms with Crippen LogP contribution in [0.25, 0.3) is 0 Å². The van der Waals surface area contributed by atoms with Gasteiger partial charge in [0.05, 0.1) is 5.02 Å². The number of carbonyl (C=O) groups is 1. The smallest absolute Gasteiger partial charge is 0.264 e. The molecule has 1 amide bonds. The van der Waals surface area contributed by atoms with Crippen LogP contribution in [-0.2, 0) is 4.79 Å². The lowest BCUT2D eigenvalue weighted by molar-refractivity contribution is -0.118. The third kappa shape index (κ3) is 4.17. The first-order valence-corrected chi connectivity index (χ1v) is 6.96. The molecule has 0 fully saturated rings. The third-order valence-corrected chi connectivity index (χ3v) is 3.47. The molecule has 0 radical (unpaired) electrons. The summed E-state index contributed by atoms with van der Waals surface area (Å²) >= 11 is 17.7. The van der Waals surface area contributed by atoms with Crippen molar-refractivity contribution in [3.8, 4) is 5.75 Å². The number of hydrogen-bond donors (Lipinski definition) is 2. The molecule has 100 valence electrons. The summed E-state index contributed by atoms with van der Waals surface area (Å²) in [5, 5.41) is 10.1. The molecule has 1 heterocycles. The fourth-order valence-corrected chi connectivity index (χ4v) is 2.44. The summed E-state index contributed by atoms with van der Waals surface area (Å²) in [6, 6.07) is 4.76. The topological polar surface area (TPSA) is 67.0 Å². The third-order valence-electron chi connectivity index (χ3n) is 1.94. The summed E-state index contributed by atoms with van der Waals surface area (Å²) in [5.41, 5.74) is 0. The van der Waals surface area contributed by atoms with Gasteiger partial charge >= 0.3 is 0 Å². The van der Waals surface area contributed by atoms with Crippen molar-refractivity contribution in [2.24, 2.45) is 0 Å². The second-order valence-corrected chi connectivity index (χ2v) is 5.84. The van der Waals surface area contributed by atoms with Crippen LogP contribution in [0.15, 0.2) is 18.2 Å². The fraction of sp³-hybridized carbons (Fsp3) is 0.100. The van der Waals surface area contributed by atoms with Crippen LogP contribution in [-0.4, -0.2) is 22.7 Å². The van der Waals surface area contributed by atoms with Crippen molar-refractivity contribution >= 4 is 57.8 Å². The average Bonchev–Trinajstić information content (AvgIpc) is 2.73. The zero-order valence-electron chi connectivity index (χ0n) is 9.28. The van der Waals surface area contributed by atoms with E-state index in [0.29, 0.717) is 24.9 Å². The molecule has 2 rings (SSSR count). The molecule has 0 aliphatic heterocycles. The number of amides is 1. The van der Waals surface area contributed by atoms with Gasteiger partial charge in [-0.15, -0.1) is 5.10 Å². The Morgan fingerprint density at radius 3 is 2.95 bits per heavy atom. The lowest BCUT2D eigenvalue weighted by Gasteiger charge is -2.07. The van der Waals surface area contributed by atoms with Crippen LogP contribution in [0.3, 0.4) is 0 Å². The molecule has 1 aromatic carbocycles. The van der Waals surface area contributed by atoms with Crippen molar-refractivity contribution in [3.05, 3.63) is 32.2 Å². The van der Waals surface area contributed by atoms with E-state index in [1.165, 1.54) is 6.07 Å². The largest absolute Gasteiger partial charge is 0.482 e. The summed E-state index contributed by atoms with van der Waals surface area (Å²) < 4.78 is 5.75. The number of nitrogens with one attached hydrogen (secondary N) is 2. The Labute approximate surface area is 127 Å². The predicted octanol–water partition coefficient (Wildman–Crippen LogP) is 3.52. The molecule has 1 aromatic heterocycles. The van der Waals surface area contributed by atoms with Gasteiger partial charge in [0.2, 0.25) is 5.13 Å². The zero-order valence-corrected chi connectivity index (χ0v) is 12.4. The van der Waals surface area contributed by atoms with Gasteiger partial charge in [0.1, 0.15) is 5.75 Å². The first-order valence-electron chi connectivity index (χ1n) is 4.98. The van der Waals surface area contributed by atoms with Crippen LogP contribution in [0.1, 0.15) is 0 Å². The number of aromatic amines is 1. The van der Waals surface area contributed by atoms with Crippen LogP contribution in [0.4, 0.5) is 5.13 Å². The molecular formula is C10H7Cl2N3O2S2. The molecule has 0 aliphatic rings. The van der Waals surface area contributed by atoms with Gasteiger partial charge in [-0.3, -0.25) is 15.2 Å². The summed E-state index contributed by atoms with van der Waals surface area (Å²) in [7, 11) is 0. The molecule has 19 heavy (non-hydrogen) atoms. The number of anilines is 1. The lowest BCUT2D eigenvalue weighted by Crippen LogP contribution is -2.20. The van der Waals surface area contributed by atoms with Crippen LogP contribution in [0.2, 0.25) is 10.0 Å². The van der Waals surface area contributed by atoms with E-state index in [-0.39, 0.29) is 12.5 Å². The first kappa shape index (κ1) is 14.3. The Kier molecular flexibility index (Phi) is 4.76. The number of benzene rings is 1. The zero-order chi connectivity index (χ0) is 13.8. The number of hydrogen-bond acceptors (Lipinski definition) is 5. The molecule has 0 unspecified atom stereocenters. The monoisotopic (exact) mass is 335 g/mol. The van der Waals surface area contributed by atoms with Gasteiger partial charge in [-0.1, -0.05) is 34.5 Å². The van der Waals surface area contributed by atoms with Gasteiger partial charge in [-0.25, -0.2) is 0 Å². The van der Waals surface area contributed by atoms with E-state index in [9.17, 15) is 4.79 Å². The highest BCUT2D eigenvalue weighted by Gasteiger charge is 2.08. The SMILES string of the molecule is O=C(COc1ccc(Cl)cc1Cl)Nc1n[nH]c(=S)s1. The van der Waals surface area contributed by atoms with E-state index in [4.69, 9.17) is 40.2 Å². The molecule has 0 saturated carbocycles. The summed E-state index contributed by atoms with van der Waals surface area (Å²) in [6.45, 7) is -0.187. The summed E-state index contributed by atoms with van der Waals surface area (Å²) in [5.74, 6) is 0.0274. The Morgan fingerprint density at radius 1 is 1.53 bits per heavy atom. The van der Waals surface area contributed by atoms with Crippen LogP contribution in [0, 0.1) is 3.95 Å². The molecule has 2 aromatic rings. The molecular weight excluding hydrogens is 329 g/mol. The number of aromatic nitrogens is 2. The molecule has 5 nitrogen and oxygen atoms in total. The molecule has 0 atom stereocenters. The van der Waals surface area contributed by atoms with Crippen molar-refractivity contribution in [1.29, 1.82) is 0 Å². The quantitative estimate of drug-likeness (QED) is 0.839. The lowest BCUT2D eigenvalue weighted by atomic mass is 10.3. The van der Waals surface area contributed by atoms with Gasteiger partial charge in [-0.05, 0) is 30.4 Å². The van der Waals surface area contributed by atoms with E-state index in [1.807, 2.05) is 0 Å². The van der Waals surface area contributed by atoms with Crippen molar-refractivity contribution in [2.75, 3.05) is 11.9 Å². The van der Waals surface area contributed by atoms with Crippen LogP contribution < -0.4 is 10.1 Å². The average molecular weight is 336 g/mol. The molecule has 0 bridgehead atoms. The normalized spacial score (nSPS) is 10.2. The number of H-pyrrole nitrogens is 1. The van der Waals surface area contributed by atoms with Gasteiger partial charge < -0.3 is 4.74 Å². The Hall–Kier alpha value is -1.15. The van der Waals surface area contributed by atoms with Gasteiger partial charge in [0.15, 0.2) is 10.6 Å². The highest BCUT2D eigenvalue weighted by atomic mass is 35.5. The van der Waals surface area contributed by atoms with Crippen LogP contribution in [0.5, 0.6) is 5.75 Å². The number of rotatable bonds is 4. The van der Waals surface area contributed by atoms with Gasteiger partial charge in [0, 0.05) is 5.02 Å². The molecule has 0 aliphatic carbocycles. The Balaban J connectivity index is 1.91. The van der Waals surface area contributed by atoms with E-state index >= 15 is 0 Å². The predicted molar refractivity (Wildman–Crippen MR) is 77.9 cm³/mol. The van der Waals surface area contributed by atoms with E-state index < -0.39 is 0 Å². The van der Waals surface area contributed by atoms with E-state index in [1.54, 1.807) is 12.1 Å². The maximum absolute atomic E-state index is 11.6. The van der Waals surface area contributed by atoms with Crippen molar-refractivity contribution < 1.29 is 9.53 Å². The van der Waals surface area contributed by atoms with Crippen molar-refractivity contribution in [1.82, 2.24) is 10.2 Å². The minimum absolute atomic E-state index is 0.187. The van der Waals surface area contributed by atoms with Crippen LogP contribution >= 0.6 is 46.8 Å². The molecule has 0 saturated heterocycles. The van der Waals surface area contributed by atoms with Crippen molar-refractivity contribution in [2.45, 2.75) is 0 Å².